The summed E-state index contributed by atoms with van der Waals surface area (Å²) < 4.78 is 29.9. The number of aryl methyl sites for hydroxylation is 2. The first-order valence-electron chi connectivity index (χ1n) is 13.0. The molecule has 2 aromatic heterocycles. The number of para-hydroxylation sites is 2. The van der Waals surface area contributed by atoms with E-state index in [2.05, 4.69) is 22.1 Å². The number of hydrogen-bond donors (Lipinski definition) is 0. The zero-order valence-electron chi connectivity index (χ0n) is 22.5. The van der Waals surface area contributed by atoms with Gasteiger partial charge in [-0.3, -0.25) is 0 Å². The van der Waals surface area contributed by atoms with E-state index in [1.807, 2.05) is 111 Å². The first-order chi connectivity index (χ1) is 20.1. The Morgan fingerprint density at radius 3 is 1.29 bits per heavy atom. The third kappa shape index (κ3) is 6.83. The Hall–Kier alpha value is -4.03. The molecule has 0 bridgehead atoms. The van der Waals surface area contributed by atoms with Crippen molar-refractivity contribution in [3.05, 3.63) is 121 Å². The van der Waals surface area contributed by atoms with Gasteiger partial charge in [0.05, 0.1) is 0 Å². The molecule has 198 valence electrons. The van der Waals surface area contributed by atoms with Crippen LogP contribution in [0.1, 0.15) is 11.4 Å². The molecule has 0 saturated heterocycles. The van der Waals surface area contributed by atoms with Crippen molar-refractivity contribution in [2.45, 2.75) is 13.8 Å². The van der Waals surface area contributed by atoms with Crippen LogP contribution in [0.4, 0.5) is 0 Å². The summed E-state index contributed by atoms with van der Waals surface area (Å²) in [5.74, 6) is 4.42. The van der Waals surface area contributed by atoms with Crippen molar-refractivity contribution in [2.75, 3.05) is 0 Å². The van der Waals surface area contributed by atoms with E-state index in [0.29, 0.717) is 11.5 Å². The fraction of sp³-hybridized carbons (Fsp3) is 0.0625. The van der Waals surface area contributed by atoms with Crippen molar-refractivity contribution in [1.29, 1.82) is 0 Å². The quantitative estimate of drug-likeness (QED) is 0.145. The van der Waals surface area contributed by atoms with E-state index in [4.69, 9.17) is 18.9 Å². The molecular weight excluding hydrogens is 632 g/mol. The maximum atomic E-state index is 6.01. The van der Waals surface area contributed by atoms with Gasteiger partial charge >= 0.3 is 256 Å². The molecule has 0 aliphatic heterocycles. The average molecular weight is 656 g/mol. The van der Waals surface area contributed by atoms with E-state index in [1.165, 1.54) is 0 Å². The SMILES string of the molecule is Cc1ccc2cccc([O][Ga][O]c3ccc(Oc4ccc([O][Ga][O]c5cccc6ccc(C)nc56)cc4)cc3)c2n1. The summed E-state index contributed by atoms with van der Waals surface area (Å²) in [7, 11) is 0. The minimum atomic E-state index is -1.47. The number of fused-ring (bicyclic) bond motifs is 2. The van der Waals surface area contributed by atoms with E-state index in [-0.39, 0.29) is 0 Å². The summed E-state index contributed by atoms with van der Waals surface area (Å²) in [6, 6.07) is 35.0. The van der Waals surface area contributed by atoms with Crippen molar-refractivity contribution in [3.63, 3.8) is 0 Å². The second-order valence-electron chi connectivity index (χ2n) is 9.27. The number of pyridine rings is 2. The predicted octanol–water partition coefficient (Wildman–Crippen LogP) is 7.18. The van der Waals surface area contributed by atoms with Gasteiger partial charge in [-0.25, -0.2) is 0 Å². The van der Waals surface area contributed by atoms with Gasteiger partial charge in [-0.2, -0.15) is 0 Å². The van der Waals surface area contributed by atoms with Crippen LogP contribution in [-0.2, 0) is 0 Å². The van der Waals surface area contributed by atoms with Crippen LogP contribution in [0.15, 0.2) is 109 Å². The molecule has 6 aromatic rings. The Labute approximate surface area is 254 Å². The molecule has 0 atom stereocenters. The zero-order valence-corrected chi connectivity index (χ0v) is 27.3. The molecule has 0 aliphatic rings. The molecule has 41 heavy (non-hydrogen) atoms. The maximum absolute atomic E-state index is 6.01. The number of aromatic nitrogens is 2. The van der Waals surface area contributed by atoms with Crippen molar-refractivity contribution < 1.29 is 18.9 Å². The standard InChI is InChI=1S/C12H10O3.2C10H9NO.2Ga/c13-9-1-5-11(6-2-9)15-12-7-3-10(14)4-8-12;2*1-7-5-6-8-3-2-4-9(12)10(8)11-7;;/h1-8,13-14H;2*2-6,12H,1H3;;/q;;;2*+2/p-4. The molecule has 0 aliphatic carbocycles. The third-order valence-corrected chi connectivity index (χ3v) is 9.26. The van der Waals surface area contributed by atoms with E-state index in [1.54, 1.807) is 0 Å². The van der Waals surface area contributed by atoms with Gasteiger partial charge in [0.1, 0.15) is 0 Å². The predicted molar refractivity (Wildman–Crippen MR) is 160 cm³/mol. The Balaban J connectivity index is 0.988. The Bertz CT molecular complexity index is 1660. The van der Waals surface area contributed by atoms with E-state index < -0.39 is 36.3 Å². The van der Waals surface area contributed by atoms with Crippen molar-refractivity contribution in [1.82, 2.24) is 9.97 Å². The van der Waals surface area contributed by atoms with Crippen LogP contribution in [0.3, 0.4) is 0 Å². The molecule has 0 unspecified atom stereocenters. The molecule has 7 nitrogen and oxygen atoms in total. The molecule has 6 rings (SSSR count). The van der Waals surface area contributed by atoms with Gasteiger partial charge in [-0.15, -0.1) is 0 Å². The van der Waals surface area contributed by atoms with Crippen LogP contribution in [-0.4, -0.2) is 46.2 Å². The summed E-state index contributed by atoms with van der Waals surface area (Å²) in [6.45, 7) is 3.95. The summed E-state index contributed by atoms with van der Waals surface area (Å²) >= 11 is -2.95. The van der Waals surface area contributed by atoms with Gasteiger partial charge in [0.2, 0.25) is 0 Å². The number of rotatable bonds is 10. The normalized spacial score (nSPS) is 10.7. The second kappa shape index (κ2) is 12.7. The van der Waals surface area contributed by atoms with Crippen LogP contribution in [0.5, 0.6) is 34.5 Å². The molecule has 0 spiro atoms. The molecular formula is C32H24Ga2N2O5. The molecule has 0 amide bonds. The third-order valence-electron chi connectivity index (χ3n) is 6.25. The van der Waals surface area contributed by atoms with Crippen molar-refractivity contribution in [3.8, 4) is 34.5 Å². The van der Waals surface area contributed by atoms with Crippen LogP contribution >= 0.6 is 0 Å². The fourth-order valence-electron chi connectivity index (χ4n) is 4.20. The Kier molecular flexibility index (Phi) is 8.38. The molecule has 0 fully saturated rings. The molecule has 0 N–H and O–H groups in total. The number of nitrogens with zero attached hydrogens (tertiary/aromatic N) is 2. The molecule has 9 heteroatoms. The van der Waals surface area contributed by atoms with Gasteiger partial charge < -0.3 is 0 Å². The Morgan fingerprint density at radius 2 is 0.854 bits per heavy atom. The van der Waals surface area contributed by atoms with Crippen LogP contribution < -0.4 is 18.9 Å². The monoisotopic (exact) mass is 654 g/mol. The van der Waals surface area contributed by atoms with Gasteiger partial charge in [-0.1, -0.05) is 0 Å². The average Bonchev–Trinajstić information content (AvgIpc) is 2.99. The second-order valence-corrected chi connectivity index (χ2v) is 12.1. The van der Waals surface area contributed by atoms with Gasteiger partial charge in [-0.05, 0) is 0 Å². The van der Waals surface area contributed by atoms with Crippen LogP contribution in [0, 0.1) is 13.8 Å². The number of benzene rings is 4. The topological polar surface area (TPSA) is 71.9 Å². The van der Waals surface area contributed by atoms with Gasteiger partial charge in [0.25, 0.3) is 0 Å². The van der Waals surface area contributed by atoms with Crippen LogP contribution in [0.2, 0.25) is 0 Å². The molecule has 4 aromatic carbocycles. The fourth-order valence-corrected chi connectivity index (χ4v) is 6.76. The van der Waals surface area contributed by atoms with E-state index >= 15 is 0 Å². The zero-order chi connectivity index (χ0) is 28.0. The van der Waals surface area contributed by atoms with Crippen LogP contribution in [0.25, 0.3) is 21.8 Å². The Morgan fingerprint density at radius 1 is 0.439 bits per heavy atom. The van der Waals surface area contributed by atoms with E-state index in [0.717, 1.165) is 56.2 Å². The molecule has 2 radical (unpaired) electrons. The van der Waals surface area contributed by atoms with Gasteiger partial charge in [0, 0.05) is 0 Å². The summed E-state index contributed by atoms with van der Waals surface area (Å²) in [5.41, 5.74) is 3.63. The van der Waals surface area contributed by atoms with Crippen molar-refractivity contribution >= 4 is 58.1 Å². The number of ether oxygens (including phenoxy) is 1. The number of hydrogen-bond acceptors (Lipinski definition) is 7. The summed E-state index contributed by atoms with van der Waals surface area (Å²) in [5, 5.41) is 2.10. The van der Waals surface area contributed by atoms with Crippen molar-refractivity contribution in [2.24, 2.45) is 0 Å². The molecule has 2 heterocycles. The molecule has 0 saturated carbocycles. The summed E-state index contributed by atoms with van der Waals surface area (Å²) in [4.78, 5) is 9.22. The summed E-state index contributed by atoms with van der Waals surface area (Å²) in [6.07, 6.45) is 0. The van der Waals surface area contributed by atoms with E-state index in [9.17, 15) is 0 Å². The first kappa shape index (κ1) is 27.2. The minimum absolute atomic E-state index is 0.710. The first-order valence-corrected chi connectivity index (χ1v) is 17.0. The van der Waals surface area contributed by atoms with Gasteiger partial charge in [0.15, 0.2) is 0 Å².